The molecule has 1 aromatic carbocycles. The van der Waals surface area contributed by atoms with Crippen molar-refractivity contribution in [2.24, 2.45) is 7.05 Å². The molecule has 2 aromatic rings. The molecule has 1 aromatic heterocycles. The monoisotopic (exact) mass is 303 g/mol. The van der Waals surface area contributed by atoms with E-state index >= 15 is 0 Å². The van der Waals surface area contributed by atoms with E-state index in [-0.39, 0.29) is 5.91 Å². The number of halogens is 1. The maximum absolute atomic E-state index is 12.7. The highest BCUT2D eigenvalue weighted by Gasteiger charge is 2.36. The van der Waals surface area contributed by atoms with Gasteiger partial charge in [0.2, 0.25) is 5.91 Å². The highest BCUT2D eigenvalue weighted by Crippen LogP contribution is 2.32. The summed E-state index contributed by atoms with van der Waals surface area (Å²) in [6.45, 7) is 0.517. The van der Waals surface area contributed by atoms with Crippen molar-refractivity contribution in [3.63, 3.8) is 0 Å². The zero-order chi connectivity index (χ0) is 14.8. The van der Waals surface area contributed by atoms with Gasteiger partial charge in [0.15, 0.2) is 0 Å². The summed E-state index contributed by atoms with van der Waals surface area (Å²) in [5, 5.41) is -0.632. The first-order chi connectivity index (χ1) is 10.2. The maximum Gasteiger partial charge on any atom is 0.245 e. The van der Waals surface area contributed by atoms with E-state index in [2.05, 4.69) is 4.98 Å². The Hall–Kier alpha value is -1.81. The van der Waals surface area contributed by atoms with Crippen LogP contribution >= 0.6 is 11.6 Å². The molecule has 1 amide bonds. The number of carbonyl (C=O) groups excluding carboxylic acids is 1. The second-order valence-electron chi connectivity index (χ2n) is 5.42. The predicted octanol–water partition coefficient (Wildman–Crippen LogP) is 2.89. The highest BCUT2D eigenvalue weighted by molar-refractivity contribution is 6.30. The van der Waals surface area contributed by atoms with Crippen molar-refractivity contribution in [2.45, 2.75) is 30.8 Å². The molecular formula is C16H18ClN3O. The molecule has 0 spiro atoms. The molecular weight excluding hydrogens is 286 g/mol. The third-order valence-electron chi connectivity index (χ3n) is 3.81. The fraction of sp³-hybridized carbons (Fsp3) is 0.375. The zero-order valence-electron chi connectivity index (χ0n) is 11.9. The van der Waals surface area contributed by atoms with Gasteiger partial charge in [0.1, 0.15) is 11.2 Å². The number of carbonyl (C=O) groups is 1. The van der Waals surface area contributed by atoms with E-state index in [1.54, 1.807) is 6.20 Å². The summed E-state index contributed by atoms with van der Waals surface area (Å²) in [4.78, 5) is 18.9. The number of amides is 1. The smallest absolute Gasteiger partial charge is 0.245 e. The third kappa shape index (κ3) is 3.10. The van der Waals surface area contributed by atoms with Gasteiger partial charge in [-0.3, -0.25) is 4.79 Å². The molecule has 4 nitrogen and oxygen atoms in total. The average molecular weight is 304 g/mol. The van der Waals surface area contributed by atoms with Crippen LogP contribution in [0.3, 0.4) is 0 Å². The summed E-state index contributed by atoms with van der Waals surface area (Å²) in [6.07, 6.45) is 5.74. The van der Waals surface area contributed by atoms with Crippen molar-refractivity contribution in [3.8, 4) is 0 Å². The van der Waals surface area contributed by atoms with Crippen LogP contribution in [-0.2, 0) is 18.4 Å². The molecule has 1 saturated carbocycles. The van der Waals surface area contributed by atoms with Gasteiger partial charge in [0.05, 0.1) is 6.54 Å². The molecule has 21 heavy (non-hydrogen) atoms. The molecule has 0 N–H and O–H groups in total. The van der Waals surface area contributed by atoms with Gasteiger partial charge in [-0.05, 0) is 18.4 Å². The maximum atomic E-state index is 12.7. The van der Waals surface area contributed by atoms with Crippen LogP contribution in [0.1, 0.15) is 29.6 Å². The fourth-order valence-electron chi connectivity index (χ4n) is 2.38. The second-order valence-corrected chi connectivity index (χ2v) is 5.86. The standard InChI is InChI=1S/C16H18ClN3O/c1-19-10-9-18-14(19)11-20(13-7-8-13)16(21)15(17)12-5-3-2-4-6-12/h2-6,9-10,13,15H,7-8,11H2,1H3. The molecule has 0 bridgehead atoms. The van der Waals surface area contributed by atoms with E-state index in [0.29, 0.717) is 12.6 Å². The molecule has 1 fully saturated rings. The molecule has 1 atom stereocenters. The lowest BCUT2D eigenvalue weighted by Crippen LogP contribution is -2.35. The first kappa shape index (κ1) is 14.1. The Morgan fingerprint density at radius 2 is 2.14 bits per heavy atom. The summed E-state index contributed by atoms with van der Waals surface area (Å²) in [7, 11) is 1.94. The van der Waals surface area contributed by atoms with Crippen molar-refractivity contribution in [2.75, 3.05) is 0 Å². The summed E-state index contributed by atoms with van der Waals surface area (Å²) < 4.78 is 1.94. The minimum atomic E-state index is -0.632. The number of imidazole rings is 1. The fourth-order valence-corrected chi connectivity index (χ4v) is 2.66. The van der Waals surface area contributed by atoms with E-state index in [0.717, 1.165) is 24.2 Å². The summed E-state index contributed by atoms with van der Waals surface area (Å²) >= 11 is 6.38. The van der Waals surface area contributed by atoms with Crippen LogP contribution in [0.25, 0.3) is 0 Å². The van der Waals surface area contributed by atoms with Crippen LogP contribution < -0.4 is 0 Å². The van der Waals surface area contributed by atoms with Gasteiger partial charge in [0.25, 0.3) is 0 Å². The molecule has 1 unspecified atom stereocenters. The molecule has 3 rings (SSSR count). The minimum absolute atomic E-state index is 0.0339. The lowest BCUT2D eigenvalue weighted by Gasteiger charge is -2.24. The van der Waals surface area contributed by atoms with E-state index in [1.807, 2.05) is 53.0 Å². The van der Waals surface area contributed by atoms with Gasteiger partial charge in [-0.15, -0.1) is 11.6 Å². The normalized spacial score (nSPS) is 15.7. The van der Waals surface area contributed by atoms with Gasteiger partial charge in [-0.2, -0.15) is 0 Å². The van der Waals surface area contributed by atoms with Crippen molar-refractivity contribution >= 4 is 17.5 Å². The molecule has 1 heterocycles. The number of hydrogen-bond donors (Lipinski definition) is 0. The van der Waals surface area contributed by atoms with Crippen molar-refractivity contribution in [3.05, 3.63) is 54.1 Å². The zero-order valence-corrected chi connectivity index (χ0v) is 12.7. The largest absolute Gasteiger partial charge is 0.337 e. The number of alkyl halides is 1. The summed E-state index contributed by atoms with van der Waals surface area (Å²) in [5.41, 5.74) is 0.842. The van der Waals surface area contributed by atoms with Crippen molar-refractivity contribution < 1.29 is 4.79 Å². The Balaban J connectivity index is 1.78. The average Bonchev–Trinajstić information content (AvgIpc) is 3.28. The number of benzene rings is 1. The number of hydrogen-bond acceptors (Lipinski definition) is 2. The molecule has 5 heteroatoms. The quantitative estimate of drug-likeness (QED) is 0.797. The first-order valence-electron chi connectivity index (χ1n) is 7.12. The van der Waals surface area contributed by atoms with Crippen LogP contribution in [0.5, 0.6) is 0 Å². The van der Waals surface area contributed by atoms with Crippen molar-refractivity contribution in [1.29, 1.82) is 0 Å². The molecule has 0 aliphatic heterocycles. The SMILES string of the molecule is Cn1ccnc1CN(C(=O)C(Cl)c1ccccc1)C1CC1. The number of rotatable bonds is 5. The van der Waals surface area contributed by atoms with E-state index in [1.165, 1.54) is 0 Å². The van der Waals surface area contributed by atoms with E-state index in [9.17, 15) is 4.79 Å². The Bertz CT molecular complexity index is 621. The highest BCUT2D eigenvalue weighted by atomic mass is 35.5. The number of nitrogens with zero attached hydrogens (tertiary/aromatic N) is 3. The van der Waals surface area contributed by atoms with Crippen LogP contribution in [0, 0.1) is 0 Å². The van der Waals surface area contributed by atoms with Crippen LogP contribution in [0.15, 0.2) is 42.7 Å². The first-order valence-corrected chi connectivity index (χ1v) is 7.56. The molecule has 0 saturated heterocycles. The van der Waals surface area contributed by atoms with Crippen LogP contribution in [0.2, 0.25) is 0 Å². The molecule has 1 aliphatic rings. The minimum Gasteiger partial charge on any atom is -0.337 e. The van der Waals surface area contributed by atoms with Crippen LogP contribution in [-0.4, -0.2) is 26.4 Å². The van der Waals surface area contributed by atoms with E-state index in [4.69, 9.17) is 11.6 Å². The molecule has 1 aliphatic carbocycles. The third-order valence-corrected chi connectivity index (χ3v) is 4.25. The van der Waals surface area contributed by atoms with Crippen LogP contribution in [0.4, 0.5) is 0 Å². The van der Waals surface area contributed by atoms with Gasteiger partial charge in [0, 0.05) is 25.5 Å². The van der Waals surface area contributed by atoms with E-state index < -0.39 is 5.38 Å². The Labute approximate surface area is 129 Å². The van der Waals surface area contributed by atoms with Gasteiger partial charge >= 0.3 is 0 Å². The lowest BCUT2D eigenvalue weighted by atomic mass is 10.1. The Morgan fingerprint density at radius 3 is 2.71 bits per heavy atom. The Morgan fingerprint density at radius 1 is 1.43 bits per heavy atom. The summed E-state index contributed by atoms with van der Waals surface area (Å²) in [5.74, 6) is 0.848. The Kier molecular flexibility index (Phi) is 3.97. The molecule has 110 valence electrons. The van der Waals surface area contributed by atoms with Gasteiger partial charge < -0.3 is 9.47 Å². The van der Waals surface area contributed by atoms with Gasteiger partial charge in [-0.25, -0.2) is 4.98 Å². The van der Waals surface area contributed by atoms with Gasteiger partial charge in [-0.1, -0.05) is 30.3 Å². The number of aromatic nitrogens is 2. The van der Waals surface area contributed by atoms with Crippen molar-refractivity contribution in [1.82, 2.24) is 14.5 Å². The second kappa shape index (κ2) is 5.90. The number of aryl methyl sites for hydroxylation is 1. The molecule has 0 radical (unpaired) electrons. The predicted molar refractivity (Wildman–Crippen MR) is 81.8 cm³/mol. The topological polar surface area (TPSA) is 38.1 Å². The summed E-state index contributed by atoms with van der Waals surface area (Å²) in [6, 6.07) is 9.81. The lowest BCUT2D eigenvalue weighted by molar-refractivity contribution is -0.132.